The maximum absolute atomic E-state index is 11.9. The summed E-state index contributed by atoms with van der Waals surface area (Å²) in [5, 5.41) is 59.9. The van der Waals surface area contributed by atoms with Crippen molar-refractivity contribution in [3.8, 4) is 5.75 Å². The largest absolute Gasteiger partial charge is 3.00 e. The molecule has 5 N–H and O–H groups in total. The van der Waals surface area contributed by atoms with E-state index in [9.17, 15) is 37.9 Å². The molecule has 0 saturated carbocycles. The summed E-state index contributed by atoms with van der Waals surface area (Å²) in [6.07, 6.45) is 0. The van der Waals surface area contributed by atoms with Crippen molar-refractivity contribution in [1.29, 1.82) is 0 Å². The average molecular weight is 753 g/mol. The van der Waals surface area contributed by atoms with Gasteiger partial charge in [-0.1, -0.05) is 33.5 Å². The van der Waals surface area contributed by atoms with Gasteiger partial charge in [0.25, 0.3) is 10.1 Å². The quantitative estimate of drug-likeness (QED) is 0.0230. The number of benzene rings is 5. The summed E-state index contributed by atoms with van der Waals surface area (Å²) in [5.41, 5.74) is 0.171. The van der Waals surface area contributed by atoms with Crippen LogP contribution in [0.25, 0.3) is 21.5 Å². The van der Waals surface area contributed by atoms with Gasteiger partial charge in [0, 0.05) is 11.1 Å². The fourth-order valence-electron chi connectivity index (χ4n) is 4.35. The third kappa shape index (κ3) is 8.03. The van der Waals surface area contributed by atoms with Crippen LogP contribution < -0.4 is 0 Å². The number of hydrogen-bond donors (Lipinski definition) is 5. The van der Waals surface area contributed by atoms with Crippen LogP contribution in [0.15, 0.2) is 97.0 Å². The summed E-state index contributed by atoms with van der Waals surface area (Å²) in [5.74, 6) is -3.03. The monoisotopic (exact) mass is 752 g/mol. The maximum atomic E-state index is 11.9. The minimum Gasteiger partial charge on any atom is -0.505 e. The smallest absolute Gasteiger partial charge is 0.505 e. The third-order valence-corrected chi connectivity index (χ3v) is 7.87. The zero-order valence-electron chi connectivity index (χ0n) is 23.7. The molecule has 0 atom stereocenters. The minimum absolute atomic E-state index is 0. The number of phenols is 1. The van der Waals surface area contributed by atoms with Gasteiger partial charge in [-0.05, 0) is 59.7 Å². The predicted octanol–water partition coefficient (Wildman–Crippen LogP) is 7.71. The Kier molecular flexibility index (Phi) is 11.2. The van der Waals surface area contributed by atoms with Gasteiger partial charge >= 0.3 is 44.6 Å². The zero-order valence-corrected chi connectivity index (χ0v) is 28.2. The van der Waals surface area contributed by atoms with E-state index in [1.54, 1.807) is 18.2 Å². The topological polar surface area (TPSA) is 237 Å². The van der Waals surface area contributed by atoms with Gasteiger partial charge in [-0.2, -0.15) is 35.9 Å². The van der Waals surface area contributed by atoms with Gasteiger partial charge in [0.05, 0.1) is 39.4 Å². The summed E-state index contributed by atoms with van der Waals surface area (Å²) in [6.45, 7) is 1.83. The van der Waals surface area contributed by atoms with Crippen molar-refractivity contribution in [2.75, 3.05) is 0 Å². The number of rotatable bonds is 10. The molecule has 0 fully saturated rings. The van der Waals surface area contributed by atoms with Crippen LogP contribution in [-0.2, 0) is 52.2 Å². The first kappa shape index (κ1) is 35.7. The molecule has 0 unspecified atom stereocenters. The van der Waals surface area contributed by atoms with Crippen molar-refractivity contribution in [2.45, 2.75) is 16.7 Å². The molecule has 0 spiro atoms. The number of hydrogen-bond acceptors (Lipinski definition) is 13. The Bertz CT molecular complexity index is 2200. The Balaban J connectivity index is 0.00000500. The Morgan fingerprint density at radius 2 is 1.47 bits per heavy atom. The number of azo groups is 2. The van der Waals surface area contributed by atoms with Crippen molar-refractivity contribution in [3.05, 3.63) is 89.5 Å². The zero-order chi connectivity index (χ0) is 33.2. The first-order valence-corrected chi connectivity index (χ1v) is 14.9. The molecule has 0 amide bonds. The summed E-state index contributed by atoms with van der Waals surface area (Å²) in [6, 6.07) is 17.6. The van der Waals surface area contributed by atoms with Crippen LogP contribution in [0.2, 0.25) is 0 Å². The van der Waals surface area contributed by atoms with E-state index < -0.39 is 27.0 Å². The standard InChI is InChI=1S/C29H19N4O11S2.Y/c1-14-2-3-15-12-25(45-44-43-39)26(27(34)21(15)8-14)33-32-24-7-6-23(20-5-4-19(13-22(20)24)46(40,41)42)31-30-18-10-16(28(35)36)9-17(11-18)29(37)38;/h2-3,5-13,34,39H,1H3,(H,35,36)(H,37,38)(H,40,41,42);/q-1;+3. The summed E-state index contributed by atoms with van der Waals surface area (Å²) >= 11 is 0.533. The molecule has 5 rings (SSSR count). The molecule has 18 heteroatoms. The second kappa shape index (κ2) is 14.7. The normalized spacial score (nSPS) is 11.8. The van der Waals surface area contributed by atoms with Crippen LogP contribution in [0.5, 0.6) is 5.75 Å². The van der Waals surface area contributed by atoms with E-state index in [4.69, 9.17) is 5.26 Å². The molecule has 0 aromatic heterocycles. The summed E-state index contributed by atoms with van der Waals surface area (Å²) in [4.78, 5) is 22.5. The van der Waals surface area contributed by atoms with Gasteiger partial charge in [0.15, 0.2) is 5.75 Å². The van der Waals surface area contributed by atoms with Gasteiger partial charge in [-0.15, -0.1) is 15.5 Å². The number of phenolic OH excluding ortho intramolecular Hbond substituents is 1. The maximum Gasteiger partial charge on any atom is 3.00 e. The molecule has 0 bridgehead atoms. The van der Waals surface area contributed by atoms with Crippen LogP contribution in [-0.4, -0.2) is 45.5 Å². The van der Waals surface area contributed by atoms with Crippen molar-refractivity contribution < 1.29 is 85.2 Å². The Morgan fingerprint density at radius 3 is 2.09 bits per heavy atom. The number of fused-ring (bicyclic) bond motifs is 2. The molecule has 234 valence electrons. The number of aryl methyl sites for hydroxylation is 1. The molecule has 5 aromatic carbocycles. The molecule has 5 aromatic rings. The number of carbonyl (C=O) groups is 2. The Labute approximate surface area is 294 Å². The molecule has 0 aliphatic heterocycles. The molecular weight excluding hydrogens is 733 g/mol. The number of carboxylic acids is 2. The Hall–Kier alpha value is -4.20. The van der Waals surface area contributed by atoms with E-state index in [1.165, 1.54) is 18.2 Å². The third-order valence-electron chi connectivity index (χ3n) is 6.46. The first-order valence-electron chi connectivity index (χ1n) is 12.7. The fourth-order valence-corrected chi connectivity index (χ4v) is 5.32. The van der Waals surface area contributed by atoms with Crippen LogP contribution in [0.4, 0.5) is 22.7 Å². The Morgan fingerprint density at radius 1 is 0.830 bits per heavy atom. The number of carboxylic acid groups (broad SMARTS) is 2. The second-order valence-corrected chi connectivity index (χ2v) is 11.6. The fraction of sp³-hybridized carbons (Fsp3) is 0.0345. The molecule has 47 heavy (non-hydrogen) atoms. The average Bonchev–Trinajstić information content (AvgIpc) is 3.02. The molecule has 0 aliphatic carbocycles. The van der Waals surface area contributed by atoms with E-state index in [-0.39, 0.29) is 88.0 Å². The van der Waals surface area contributed by atoms with E-state index in [0.717, 1.165) is 29.8 Å². The molecular formula is C29H19N4O11S2Y+2. The predicted molar refractivity (Wildman–Crippen MR) is 162 cm³/mol. The molecule has 15 nitrogen and oxygen atoms in total. The van der Waals surface area contributed by atoms with Gasteiger partial charge in [0.2, 0.25) is 0 Å². The van der Waals surface area contributed by atoms with Crippen molar-refractivity contribution in [3.63, 3.8) is 0 Å². The minimum atomic E-state index is -4.71. The van der Waals surface area contributed by atoms with E-state index in [2.05, 4.69) is 35.9 Å². The molecule has 0 aliphatic rings. The van der Waals surface area contributed by atoms with E-state index in [1.807, 2.05) is 13.0 Å². The number of aromatic carboxylic acids is 2. The van der Waals surface area contributed by atoms with Crippen molar-refractivity contribution in [1.82, 2.24) is 0 Å². The van der Waals surface area contributed by atoms with Crippen LogP contribution in [0.1, 0.15) is 26.3 Å². The molecule has 0 saturated heterocycles. The van der Waals surface area contributed by atoms with E-state index in [0.29, 0.717) is 22.8 Å². The van der Waals surface area contributed by atoms with Crippen LogP contribution in [0.3, 0.4) is 0 Å². The number of aromatic hydroxyl groups is 1. The summed E-state index contributed by atoms with van der Waals surface area (Å²) < 4.78 is 38.1. The van der Waals surface area contributed by atoms with Gasteiger partial charge in [-0.3, -0.25) is 4.55 Å². The van der Waals surface area contributed by atoms with Gasteiger partial charge in [0.1, 0.15) is 5.69 Å². The van der Waals surface area contributed by atoms with Gasteiger partial charge in [-0.25, -0.2) is 14.8 Å². The van der Waals surface area contributed by atoms with Crippen LogP contribution >= 0.6 is 12.0 Å². The first-order chi connectivity index (χ1) is 21.8. The van der Waals surface area contributed by atoms with Crippen molar-refractivity contribution >= 4 is 78.4 Å². The SMILES string of the molecule is Cc1ccc2cc(SOOO)c(N=Nc3ccc(N=Nc4cc(C(=O)O)cc(C(=O)O)c4)c4c[c-]c(S(=O)(=O)O)cc34)c(O)c2c1.[Y+3]. The number of nitrogens with zero attached hydrogens (tertiary/aromatic N) is 4. The summed E-state index contributed by atoms with van der Waals surface area (Å²) in [7, 11) is -4.71. The van der Waals surface area contributed by atoms with Gasteiger partial charge < -0.3 is 15.3 Å². The van der Waals surface area contributed by atoms with Crippen LogP contribution in [0, 0.1) is 13.0 Å². The van der Waals surface area contributed by atoms with Crippen molar-refractivity contribution in [2.24, 2.45) is 20.5 Å². The van der Waals surface area contributed by atoms with E-state index >= 15 is 0 Å². The second-order valence-electron chi connectivity index (χ2n) is 9.50. The molecule has 0 radical (unpaired) electrons. The molecule has 0 heterocycles.